The summed E-state index contributed by atoms with van der Waals surface area (Å²) in [5.41, 5.74) is 2.23. The molecule has 1 aromatic heterocycles. The minimum Gasteiger partial charge on any atom is -0.461 e. The summed E-state index contributed by atoms with van der Waals surface area (Å²) < 4.78 is 5.45. The maximum absolute atomic E-state index is 5.45. The molecule has 2 aromatic rings. The van der Waals surface area contributed by atoms with Crippen LogP contribution in [0.15, 0.2) is 28.7 Å². The van der Waals surface area contributed by atoms with E-state index in [-0.39, 0.29) is 0 Å². The SMILES string of the molecule is CC.Cc1ccc2cc(C)oc2c1. The Morgan fingerprint density at radius 2 is 1.69 bits per heavy atom. The quantitative estimate of drug-likeness (QED) is 0.589. The number of hydrogen-bond acceptors (Lipinski definition) is 1. The monoisotopic (exact) mass is 176 g/mol. The van der Waals surface area contributed by atoms with Crippen molar-refractivity contribution in [1.82, 2.24) is 0 Å². The van der Waals surface area contributed by atoms with E-state index in [4.69, 9.17) is 4.42 Å². The van der Waals surface area contributed by atoms with E-state index in [0.29, 0.717) is 0 Å². The Labute approximate surface area is 79.4 Å². The van der Waals surface area contributed by atoms with Crippen LogP contribution in [0.25, 0.3) is 11.0 Å². The smallest absolute Gasteiger partial charge is 0.134 e. The molecule has 0 unspecified atom stereocenters. The van der Waals surface area contributed by atoms with E-state index < -0.39 is 0 Å². The zero-order chi connectivity index (χ0) is 9.84. The first-order chi connectivity index (χ1) is 6.25. The summed E-state index contributed by atoms with van der Waals surface area (Å²) in [6.45, 7) is 8.03. The van der Waals surface area contributed by atoms with Crippen LogP contribution in [-0.2, 0) is 0 Å². The number of aryl methyl sites for hydroxylation is 2. The van der Waals surface area contributed by atoms with Gasteiger partial charge in [-0.2, -0.15) is 0 Å². The fourth-order valence-corrected chi connectivity index (χ4v) is 1.27. The molecule has 0 spiro atoms. The molecule has 0 aliphatic rings. The van der Waals surface area contributed by atoms with Crippen LogP contribution in [0.2, 0.25) is 0 Å². The highest BCUT2D eigenvalue weighted by atomic mass is 16.3. The maximum atomic E-state index is 5.45. The molecule has 1 heterocycles. The van der Waals surface area contributed by atoms with Crippen LogP contribution in [-0.4, -0.2) is 0 Å². The minimum absolute atomic E-state index is 0.977. The molecular formula is C12H16O. The molecule has 2 rings (SSSR count). The van der Waals surface area contributed by atoms with E-state index in [9.17, 15) is 0 Å². The van der Waals surface area contributed by atoms with Crippen molar-refractivity contribution in [3.8, 4) is 0 Å². The standard InChI is InChI=1S/C10H10O.C2H6/c1-7-3-4-9-6-8(2)11-10(9)5-7;1-2/h3-6H,1-2H3;1-2H3. The van der Waals surface area contributed by atoms with Crippen LogP contribution >= 0.6 is 0 Å². The highest BCUT2D eigenvalue weighted by Crippen LogP contribution is 2.19. The van der Waals surface area contributed by atoms with Gasteiger partial charge in [0.1, 0.15) is 11.3 Å². The molecule has 0 fully saturated rings. The zero-order valence-electron chi connectivity index (χ0n) is 8.72. The Bertz CT molecular complexity index is 385. The predicted molar refractivity (Wildman–Crippen MR) is 57.0 cm³/mol. The Morgan fingerprint density at radius 3 is 2.38 bits per heavy atom. The summed E-state index contributed by atoms with van der Waals surface area (Å²) in [7, 11) is 0. The third-order valence-corrected chi connectivity index (χ3v) is 1.80. The molecule has 0 aliphatic heterocycles. The van der Waals surface area contributed by atoms with Gasteiger partial charge >= 0.3 is 0 Å². The van der Waals surface area contributed by atoms with Gasteiger partial charge < -0.3 is 4.42 Å². The number of hydrogen-bond donors (Lipinski definition) is 0. The van der Waals surface area contributed by atoms with Crippen LogP contribution in [0.1, 0.15) is 25.2 Å². The fraction of sp³-hybridized carbons (Fsp3) is 0.333. The molecule has 1 heteroatoms. The molecule has 0 radical (unpaired) electrons. The number of fused-ring (bicyclic) bond motifs is 1. The largest absolute Gasteiger partial charge is 0.461 e. The summed E-state index contributed by atoms with van der Waals surface area (Å²) >= 11 is 0. The summed E-state index contributed by atoms with van der Waals surface area (Å²) in [4.78, 5) is 0. The normalized spacial score (nSPS) is 9.54. The minimum atomic E-state index is 0.977. The number of benzene rings is 1. The molecule has 70 valence electrons. The molecule has 0 bridgehead atoms. The van der Waals surface area contributed by atoms with Crippen molar-refractivity contribution in [1.29, 1.82) is 0 Å². The van der Waals surface area contributed by atoms with Gasteiger partial charge in [0.05, 0.1) is 0 Å². The second-order valence-corrected chi connectivity index (χ2v) is 2.90. The molecule has 0 atom stereocenters. The molecule has 0 N–H and O–H groups in total. The Hall–Kier alpha value is -1.24. The van der Waals surface area contributed by atoms with E-state index >= 15 is 0 Å². The molecule has 1 aromatic carbocycles. The molecule has 0 saturated carbocycles. The van der Waals surface area contributed by atoms with Crippen molar-refractivity contribution < 1.29 is 4.42 Å². The van der Waals surface area contributed by atoms with Crippen LogP contribution in [0.4, 0.5) is 0 Å². The summed E-state index contributed by atoms with van der Waals surface area (Å²) in [5.74, 6) is 0.977. The van der Waals surface area contributed by atoms with Crippen molar-refractivity contribution in [3.05, 3.63) is 35.6 Å². The summed E-state index contributed by atoms with van der Waals surface area (Å²) in [6, 6.07) is 8.29. The number of furan rings is 1. The van der Waals surface area contributed by atoms with Crippen molar-refractivity contribution in [2.75, 3.05) is 0 Å². The lowest BCUT2D eigenvalue weighted by molar-refractivity contribution is 0.578. The van der Waals surface area contributed by atoms with Gasteiger partial charge in [-0.25, -0.2) is 0 Å². The van der Waals surface area contributed by atoms with E-state index in [1.807, 2.05) is 20.8 Å². The van der Waals surface area contributed by atoms with Crippen LogP contribution in [0.5, 0.6) is 0 Å². The van der Waals surface area contributed by atoms with Gasteiger partial charge in [0.25, 0.3) is 0 Å². The van der Waals surface area contributed by atoms with Crippen LogP contribution < -0.4 is 0 Å². The third-order valence-electron chi connectivity index (χ3n) is 1.80. The molecular weight excluding hydrogens is 160 g/mol. The highest BCUT2D eigenvalue weighted by Gasteiger charge is 1.98. The molecule has 1 nitrogen and oxygen atoms in total. The zero-order valence-corrected chi connectivity index (χ0v) is 8.72. The second-order valence-electron chi connectivity index (χ2n) is 2.90. The average Bonchev–Trinajstić information content (AvgIpc) is 2.48. The van der Waals surface area contributed by atoms with Crippen molar-refractivity contribution in [3.63, 3.8) is 0 Å². The molecule has 0 saturated heterocycles. The van der Waals surface area contributed by atoms with Gasteiger partial charge in [-0.05, 0) is 31.5 Å². The molecule has 13 heavy (non-hydrogen) atoms. The summed E-state index contributed by atoms with van der Waals surface area (Å²) in [6.07, 6.45) is 0. The first-order valence-corrected chi connectivity index (χ1v) is 4.72. The van der Waals surface area contributed by atoms with E-state index in [1.165, 1.54) is 10.9 Å². The Balaban J connectivity index is 0.000000396. The topological polar surface area (TPSA) is 13.1 Å². The van der Waals surface area contributed by atoms with Gasteiger partial charge in [-0.1, -0.05) is 26.0 Å². The Kier molecular flexibility index (Phi) is 3.13. The first kappa shape index (κ1) is 9.85. The van der Waals surface area contributed by atoms with Gasteiger partial charge in [0.2, 0.25) is 0 Å². The lowest BCUT2D eigenvalue weighted by Crippen LogP contribution is -1.67. The lowest BCUT2D eigenvalue weighted by Gasteiger charge is -1.89. The van der Waals surface area contributed by atoms with Crippen LogP contribution in [0.3, 0.4) is 0 Å². The van der Waals surface area contributed by atoms with E-state index in [0.717, 1.165) is 11.3 Å². The van der Waals surface area contributed by atoms with Crippen molar-refractivity contribution in [2.45, 2.75) is 27.7 Å². The number of rotatable bonds is 0. The fourth-order valence-electron chi connectivity index (χ4n) is 1.27. The third kappa shape index (κ3) is 2.11. The van der Waals surface area contributed by atoms with Gasteiger partial charge in [0, 0.05) is 5.39 Å². The lowest BCUT2D eigenvalue weighted by atomic mass is 10.2. The molecule has 0 amide bonds. The average molecular weight is 176 g/mol. The second kappa shape index (κ2) is 4.13. The van der Waals surface area contributed by atoms with Crippen molar-refractivity contribution in [2.24, 2.45) is 0 Å². The van der Waals surface area contributed by atoms with Crippen LogP contribution in [0, 0.1) is 13.8 Å². The van der Waals surface area contributed by atoms with Gasteiger partial charge in [0.15, 0.2) is 0 Å². The molecule has 0 aliphatic carbocycles. The summed E-state index contributed by atoms with van der Waals surface area (Å²) in [5, 5.41) is 1.19. The van der Waals surface area contributed by atoms with E-state index in [2.05, 4.69) is 31.2 Å². The van der Waals surface area contributed by atoms with E-state index in [1.54, 1.807) is 0 Å². The highest BCUT2D eigenvalue weighted by molar-refractivity contribution is 5.78. The maximum Gasteiger partial charge on any atom is 0.134 e. The Morgan fingerprint density at radius 1 is 1.00 bits per heavy atom. The van der Waals surface area contributed by atoms with Gasteiger partial charge in [-0.15, -0.1) is 0 Å². The predicted octanol–water partition coefficient (Wildman–Crippen LogP) is 4.08. The van der Waals surface area contributed by atoms with Crippen molar-refractivity contribution >= 4 is 11.0 Å². The van der Waals surface area contributed by atoms with Gasteiger partial charge in [-0.3, -0.25) is 0 Å². The first-order valence-electron chi connectivity index (χ1n) is 4.72.